The van der Waals surface area contributed by atoms with E-state index in [1.165, 1.54) is 24.8 Å². The van der Waals surface area contributed by atoms with Crippen molar-refractivity contribution in [1.82, 2.24) is 10.2 Å². The van der Waals surface area contributed by atoms with Gasteiger partial charge in [-0.3, -0.25) is 0 Å². The Morgan fingerprint density at radius 1 is 1.05 bits per heavy atom. The van der Waals surface area contributed by atoms with E-state index in [9.17, 15) is 5.11 Å². The van der Waals surface area contributed by atoms with Crippen LogP contribution in [0.4, 0.5) is 0 Å². The zero-order chi connectivity index (χ0) is 13.3. The Hall–Kier alpha value is -1.68. The van der Waals surface area contributed by atoms with E-state index in [1.54, 1.807) is 0 Å². The molecule has 4 heteroatoms. The second kappa shape index (κ2) is 7.69. The summed E-state index contributed by atoms with van der Waals surface area (Å²) in [6, 6.07) is 10.5. The van der Waals surface area contributed by atoms with Crippen molar-refractivity contribution in [1.29, 1.82) is 0 Å². The molecule has 0 aliphatic heterocycles. The number of aryl methyl sites for hydroxylation is 1. The number of hydrogen-bond acceptors (Lipinski definition) is 4. The summed E-state index contributed by atoms with van der Waals surface area (Å²) < 4.78 is 4.96. The molecule has 0 fully saturated rings. The maximum atomic E-state index is 9.75. The molecule has 4 nitrogen and oxygen atoms in total. The van der Waals surface area contributed by atoms with Crippen LogP contribution in [0.1, 0.15) is 49.7 Å². The van der Waals surface area contributed by atoms with Gasteiger partial charge in [0.1, 0.15) is 6.10 Å². The van der Waals surface area contributed by atoms with E-state index >= 15 is 0 Å². The molecule has 0 aliphatic rings. The second-order valence-electron chi connectivity index (χ2n) is 4.73. The Morgan fingerprint density at radius 3 is 2.58 bits per heavy atom. The third-order valence-corrected chi connectivity index (χ3v) is 3.20. The quantitative estimate of drug-likeness (QED) is 0.740. The molecule has 1 unspecified atom stereocenters. The molecule has 0 bridgehead atoms. The van der Waals surface area contributed by atoms with Crippen LogP contribution >= 0.6 is 0 Å². The van der Waals surface area contributed by atoms with E-state index in [0.29, 0.717) is 12.3 Å². The van der Waals surface area contributed by atoms with Crippen LogP contribution in [0.3, 0.4) is 0 Å². The van der Waals surface area contributed by atoms with Crippen molar-refractivity contribution in [3.8, 4) is 0 Å². The SMILES string of the molecule is OC(CCCCCCc1ccccc1)c1nnco1. The number of aliphatic hydroxyl groups excluding tert-OH is 1. The molecule has 0 radical (unpaired) electrons. The van der Waals surface area contributed by atoms with Crippen LogP contribution in [0.5, 0.6) is 0 Å². The van der Waals surface area contributed by atoms with Crippen molar-refractivity contribution < 1.29 is 9.52 Å². The van der Waals surface area contributed by atoms with Gasteiger partial charge in [0.15, 0.2) is 0 Å². The van der Waals surface area contributed by atoms with Crippen molar-refractivity contribution in [2.24, 2.45) is 0 Å². The molecule has 0 aliphatic carbocycles. The standard InChI is InChI=1S/C15H20N2O2/c18-14(15-17-16-12-19-15)11-7-2-1-4-8-13-9-5-3-6-10-13/h3,5-6,9-10,12,14,18H,1-2,4,7-8,11H2. The highest BCUT2D eigenvalue weighted by Gasteiger charge is 2.11. The molecule has 0 saturated heterocycles. The molecule has 1 heterocycles. The first-order valence-corrected chi connectivity index (χ1v) is 6.84. The van der Waals surface area contributed by atoms with Crippen LogP contribution in [0, 0.1) is 0 Å². The highest BCUT2D eigenvalue weighted by molar-refractivity contribution is 5.14. The second-order valence-corrected chi connectivity index (χ2v) is 4.73. The number of nitrogens with zero attached hydrogens (tertiary/aromatic N) is 2. The molecular formula is C15H20N2O2. The predicted octanol–water partition coefficient (Wildman–Crippen LogP) is 3.30. The van der Waals surface area contributed by atoms with Gasteiger partial charge in [0.25, 0.3) is 0 Å². The van der Waals surface area contributed by atoms with Crippen LogP contribution in [0.25, 0.3) is 0 Å². The average molecular weight is 260 g/mol. The number of benzene rings is 1. The summed E-state index contributed by atoms with van der Waals surface area (Å²) in [7, 11) is 0. The average Bonchev–Trinajstić information content (AvgIpc) is 2.98. The first kappa shape index (κ1) is 13.7. The largest absolute Gasteiger partial charge is 0.425 e. The van der Waals surface area contributed by atoms with Gasteiger partial charge in [-0.2, -0.15) is 0 Å². The number of rotatable bonds is 8. The molecule has 102 valence electrons. The predicted molar refractivity (Wildman–Crippen MR) is 72.5 cm³/mol. The fraction of sp³-hybridized carbons (Fsp3) is 0.467. The molecule has 0 amide bonds. The van der Waals surface area contributed by atoms with Crippen molar-refractivity contribution in [2.45, 2.75) is 44.6 Å². The maximum absolute atomic E-state index is 9.75. The molecule has 19 heavy (non-hydrogen) atoms. The van der Waals surface area contributed by atoms with Gasteiger partial charge in [-0.05, 0) is 24.8 Å². The minimum atomic E-state index is -0.614. The fourth-order valence-electron chi connectivity index (χ4n) is 2.12. The zero-order valence-corrected chi connectivity index (χ0v) is 11.0. The van der Waals surface area contributed by atoms with E-state index in [1.807, 2.05) is 6.07 Å². The number of hydrogen-bond donors (Lipinski definition) is 1. The minimum absolute atomic E-state index is 0.323. The lowest BCUT2D eigenvalue weighted by Gasteiger charge is -2.05. The summed E-state index contributed by atoms with van der Waals surface area (Å²) in [5, 5.41) is 17.0. The summed E-state index contributed by atoms with van der Waals surface area (Å²) in [6.07, 6.45) is 6.94. The van der Waals surface area contributed by atoms with Crippen LogP contribution in [0.15, 0.2) is 41.1 Å². The summed E-state index contributed by atoms with van der Waals surface area (Å²) >= 11 is 0. The topological polar surface area (TPSA) is 59.2 Å². The van der Waals surface area contributed by atoms with Crippen LogP contribution < -0.4 is 0 Å². The van der Waals surface area contributed by atoms with Gasteiger partial charge >= 0.3 is 0 Å². The third kappa shape index (κ3) is 4.83. The van der Waals surface area contributed by atoms with Crippen molar-refractivity contribution in [3.05, 3.63) is 48.2 Å². The lowest BCUT2D eigenvalue weighted by atomic mass is 10.0. The molecular weight excluding hydrogens is 240 g/mol. The minimum Gasteiger partial charge on any atom is -0.425 e. The highest BCUT2D eigenvalue weighted by Crippen LogP contribution is 2.17. The summed E-state index contributed by atoms with van der Waals surface area (Å²) in [4.78, 5) is 0. The van der Waals surface area contributed by atoms with Crippen LogP contribution in [-0.4, -0.2) is 15.3 Å². The lowest BCUT2D eigenvalue weighted by molar-refractivity contribution is 0.130. The maximum Gasteiger partial charge on any atom is 0.244 e. The summed E-state index contributed by atoms with van der Waals surface area (Å²) in [5.74, 6) is 0.323. The molecule has 1 aromatic heterocycles. The van der Waals surface area contributed by atoms with E-state index < -0.39 is 6.10 Å². The van der Waals surface area contributed by atoms with Gasteiger partial charge in [-0.25, -0.2) is 0 Å². The smallest absolute Gasteiger partial charge is 0.244 e. The monoisotopic (exact) mass is 260 g/mol. The first-order valence-electron chi connectivity index (χ1n) is 6.84. The molecule has 2 aromatic rings. The Labute approximate surface area is 113 Å². The Kier molecular flexibility index (Phi) is 5.56. The number of aliphatic hydroxyl groups is 1. The van der Waals surface area contributed by atoms with Gasteiger partial charge in [-0.15, -0.1) is 10.2 Å². The Morgan fingerprint density at radius 2 is 1.84 bits per heavy atom. The number of unbranched alkanes of at least 4 members (excludes halogenated alkanes) is 3. The van der Waals surface area contributed by atoms with E-state index in [2.05, 4.69) is 34.5 Å². The molecule has 2 rings (SSSR count). The Balaban J connectivity index is 1.53. The van der Waals surface area contributed by atoms with Gasteiger partial charge in [-0.1, -0.05) is 49.6 Å². The van der Waals surface area contributed by atoms with Crippen LogP contribution in [-0.2, 0) is 6.42 Å². The van der Waals surface area contributed by atoms with Gasteiger partial charge in [0, 0.05) is 0 Å². The highest BCUT2D eigenvalue weighted by atomic mass is 16.4. The van der Waals surface area contributed by atoms with E-state index in [4.69, 9.17) is 4.42 Å². The fourth-order valence-corrected chi connectivity index (χ4v) is 2.12. The molecule has 1 aromatic carbocycles. The van der Waals surface area contributed by atoms with Crippen molar-refractivity contribution in [3.63, 3.8) is 0 Å². The molecule has 1 N–H and O–H groups in total. The third-order valence-electron chi connectivity index (χ3n) is 3.20. The molecule has 0 saturated carbocycles. The van der Waals surface area contributed by atoms with Crippen LogP contribution in [0.2, 0.25) is 0 Å². The molecule has 1 atom stereocenters. The normalized spacial score (nSPS) is 12.5. The van der Waals surface area contributed by atoms with Gasteiger partial charge in [0.2, 0.25) is 12.3 Å². The Bertz CT molecular complexity index is 442. The first-order chi connectivity index (χ1) is 9.36. The van der Waals surface area contributed by atoms with E-state index in [0.717, 1.165) is 19.3 Å². The lowest BCUT2D eigenvalue weighted by Crippen LogP contribution is -1.98. The van der Waals surface area contributed by atoms with E-state index in [-0.39, 0.29) is 0 Å². The number of aromatic nitrogens is 2. The van der Waals surface area contributed by atoms with Crippen molar-refractivity contribution >= 4 is 0 Å². The summed E-state index contributed by atoms with van der Waals surface area (Å²) in [6.45, 7) is 0. The summed E-state index contributed by atoms with van der Waals surface area (Å²) in [5.41, 5.74) is 1.40. The van der Waals surface area contributed by atoms with Gasteiger partial charge in [0.05, 0.1) is 0 Å². The van der Waals surface area contributed by atoms with Crippen molar-refractivity contribution in [2.75, 3.05) is 0 Å². The molecule has 0 spiro atoms. The zero-order valence-electron chi connectivity index (χ0n) is 11.0. The van der Waals surface area contributed by atoms with Gasteiger partial charge < -0.3 is 9.52 Å².